The summed E-state index contributed by atoms with van der Waals surface area (Å²) in [5, 5.41) is 10.5. The van der Waals surface area contributed by atoms with Crippen LogP contribution in [0.3, 0.4) is 0 Å². The third-order valence-electron chi connectivity index (χ3n) is 4.79. The second-order valence-electron chi connectivity index (χ2n) is 7.24. The Balaban J connectivity index is 1.85. The van der Waals surface area contributed by atoms with Gasteiger partial charge in [0, 0.05) is 16.4 Å². The lowest BCUT2D eigenvalue weighted by atomic mass is 10.1. The number of rotatable bonds is 8. The highest BCUT2D eigenvalue weighted by molar-refractivity contribution is 6.32. The van der Waals surface area contributed by atoms with Gasteiger partial charge in [0.05, 0.1) is 11.6 Å². The van der Waals surface area contributed by atoms with Crippen molar-refractivity contribution in [3.8, 4) is 17.6 Å². The first kappa shape index (κ1) is 24.2. The zero-order valence-electron chi connectivity index (χ0n) is 18.5. The first-order valence-electron chi connectivity index (χ1n) is 10.2. The SMILES string of the molecule is CCOc1cc(/C=C(/C#N)C(=O)Nn2c(C)ccc2C)cc(Cl)c1OCc1ccc(Cl)cc1. The van der Waals surface area contributed by atoms with E-state index in [1.165, 1.54) is 6.08 Å². The molecule has 0 saturated heterocycles. The molecule has 0 radical (unpaired) electrons. The van der Waals surface area contributed by atoms with Gasteiger partial charge in [0.1, 0.15) is 18.2 Å². The van der Waals surface area contributed by atoms with Crippen LogP contribution in [0.1, 0.15) is 29.4 Å². The summed E-state index contributed by atoms with van der Waals surface area (Å²) in [5.74, 6) is 0.268. The molecule has 1 amide bonds. The van der Waals surface area contributed by atoms with Crippen LogP contribution in [-0.2, 0) is 11.4 Å². The van der Waals surface area contributed by atoms with Crippen molar-refractivity contribution in [2.75, 3.05) is 12.0 Å². The van der Waals surface area contributed by atoms with Gasteiger partial charge in [0.2, 0.25) is 0 Å². The summed E-state index contributed by atoms with van der Waals surface area (Å²) >= 11 is 12.4. The van der Waals surface area contributed by atoms with Gasteiger partial charge in [-0.3, -0.25) is 14.9 Å². The highest BCUT2D eigenvalue weighted by Gasteiger charge is 2.16. The number of hydrogen-bond acceptors (Lipinski definition) is 4. The van der Waals surface area contributed by atoms with Crippen molar-refractivity contribution in [1.29, 1.82) is 5.26 Å². The standard InChI is InChI=1S/C25H23Cl2N3O3/c1-4-32-23-13-19(11-20(14-28)25(31)29-30-16(2)5-6-17(30)3)12-22(27)24(23)33-15-18-7-9-21(26)10-8-18/h5-13H,4,15H2,1-3H3,(H,29,31)/b20-11-. The lowest BCUT2D eigenvalue weighted by Crippen LogP contribution is -2.25. The Hall–Kier alpha value is -3.40. The molecule has 0 atom stereocenters. The van der Waals surface area contributed by atoms with Crippen LogP contribution >= 0.6 is 23.2 Å². The molecule has 1 N–H and O–H groups in total. The summed E-state index contributed by atoms with van der Waals surface area (Å²) in [4.78, 5) is 12.7. The van der Waals surface area contributed by atoms with E-state index in [-0.39, 0.29) is 12.2 Å². The van der Waals surface area contributed by atoms with Crippen LogP contribution < -0.4 is 14.9 Å². The normalized spacial score (nSPS) is 11.1. The molecular weight excluding hydrogens is 461 g/mol. The zero-order chi connectivity index (χ0) is 24.0. The van der Waals surface area contributed by atoms with E-state index < -0.39 is 5.91 Å². The number of hydrogen-bond donors (Lipinski definition) is 1. The number of nitrogens with zero attached hydrogens (tertiary/aromatic N) is 2. The predicted molar refractivity (Wildman–Crippen MR) is 130 cm³/mol. The number of benzene rings is 2. The minimum atomic E-state index is -0.531. The first-order valence-corrected chi connectivity index (χ1v) is 11.0. The lowest BCUT2D eigenvalue weighted by molar-refractivity contribution is -0.113. The Labute approximate surface area is 202 Å². The molecule has 6 nitrogen and oxygen atoms in total. The molecule has 0 aliphatic carbocycles. The quantitative estimate of drug-likeness (QED) is 0.311. The molecule has 2 aromatic carbocycles. The van der Waals surface area contributed by atoms with Crippen LogP contribution in [0.15, 0.2) is 54.1 Å². The molecule has 0 aliphatic rings. The highest BCUT2D eigenvalue weighted by atomic mass is 35.5. The fourth-order valence-corrected chi connectivity index (χ4v) is 3.53. The molecule has 8 heteroatoms. The maximum atomic E-state index is 12.7. The number of nitrogens with one attached hydrogen (secondary N) is 1. The molecule has 0 fully saturated rings. The Morgan fingerprint density at radius 2 is 1.76 bits per heavy atom. The maximum Gasteiger partial charge on any atom is 0.280 e. The summed E-state index contributed by atoms with van der Waals surface area (Å²) < 4.78 is 13.2. The van der Waals surface area contributed by atoms with Crippen molar-refractivity contribution < 1.29 is 14.3 Å². The van der Waals surface area contributed by atoms with Crippen molar-refractivity contribution in [3.63, 3.8) is 0 Å². The second kappa shape index (κ2) is 11.0. The van der Waals surface area contributed by atoms with Crippen molar-refractivity contribution in [1.82, 2.24) is 4.68 Å². The average Bonchev–Trinajstić information content (AvgIpc) is 3.10. The summed E-state index contributed by atoms with van der Waals surface area (Å²) in [7, 11) is 0. The fourth-order valence-electron chi connectivity index (χ4n) is 3.13. The minimum Gasteiger partial charge on any atom is -0.490 e. The van der Waals surface area contributed by atoms with E-state index in [1.54, 1.807) is 28.9 Å². The molecule has 0 saturated carbocycles. The lowest BCUT2D eigenvalue weighted by Gasteiger charge is -2.15. The van der Waals surface area contributed by atoms with Gasteiger partial charge in [0.15, 0.2) is 11.5 Å². The monoisotopic (exact) mass is 483 g/mol. The summed E-state index contributed by atoms with van der Waals surface area (Å²) in [5.41, 5.74) is 5.81. The number of carbonyl (C=O) groups is 1. The van der Waals surface area contributed by atoms with Crippen molar-refractivity contribution in [2.45, 2.75) is 27.4 Å². The van der Waals surface area contributed by atoms with Crippen LogP contribution in [0.25, 0.3) is 6.08 Å². The fraction of sp³-hybridized carbons (Fsp3) is 0.200. The van der Waals surface area contributed by atoms with Gasteiger partial charge < -0.3 is 9.47 Å². The molecule has 0 bridgehead atoms. The van der Waals surface area contributed by atoms with Crippen LogP contribution in [0.2, 0.25) is 10.0 Å². The third-order valence-corrected chi connectivity index (χ3v) is 5.32. The predicted octanol–water partition coefficient (Wildman–Crippen LogP) is 6.07. The summed E-state index contributed by atoms with van der Waals surface area (Å²) in [6.07, 6.45) is 1.46. The summed E-state index contributed by atoms with van der Waals surface area (Å²) in [6.45, 7) is 6.22. The zero-order valence-corrected chi connectivity index (χ0v) is 20.0. The Morgan fingerprint density at radius 3 is 2.36 bits per heavy atom. The van der Waals surface area contributed by atoms with E-state index in [1.807, 2.05) is 51.1 Å². The number of halogens is 2. The Kier molecular flexibility index (Phi) is 8.05. The van der Waals surface area contributed by atoms with E-state index in [0.717, 1.165) is 17.0 Å². The van der Waals surface area contributed by atoms with Crippen LogP contribution in [0.5, 0.6) is 11.5 Å². The first-order chi connectivity index (χ1) is 15.8. The molecular formula is C25H23Cl2N3O3. The highest BCUT2D eigenvalue weighted by Crippen LogP contribution is 2.38. The van der Waals surface area contributed by atoms with Gasteiger partial charge in [0.25, 0.3) is 5.91 Å². The van der Waals surface area contributed by atoms with Crippen molar-refractivity contribution in [2.24, 2.45) is 0 Å². The Bertz CT molecular complexity index is 1210. The molecule has 3 aromatic rings. The molecule has 0 unspecified atom stereocenters. The largest absolute Gasteiger partial charge is 0.490 e. The van der Waals surface area contributed by atoms with Gasteiger partial charge in [-0.15, -0.1) is 0 Å². The van der Waals surface area contributed by atoms with Gasteiger partial charge in [-0.25, -0.2) is 0 Å². The molecule has 1 aromatic heterocycles. The number of aryl methyl sites for hydroxylation is 2. The smallest absolute Gasteiger partial charge is 0.280 e. The van der Waals surface area contributed by atoms with E-state index in [4.69, 9.17) is 32.7 Å². The van der Waals surface area contributed by atoms with E-state index in [9.17, 15) is 10.1 Å². The molecule has 3 rings (SSSR count). The number of ether oxygens (including phenoxy) is 2. The van der Waals surface area contributed by atoms with Crippen molar-refractivity contribution in [3.05, 3.63) is 86.7 Å². The number of carbonyl (C=O) groups excluding carboxylic acids is 1. The van der Waals surface area contributed by atoms with E-state index in [2.05, 4.69) is 5.43 Å². The van der Waals surface area contributed by atoms with Crippen LogP contribution in [0.4, 0.5) is 0 Å². The summed E-state index contributed by atoms with van der Waals surface area (Å²) in [6, 6.07) is 16.3. The van der Waals surface area contributed by atoms with E-state index in [0.29, 0.717) is 33.7 Å². The van der Waals surface area contributed by atoms with Gasteiger partial charge in [-0.1, -0.05) is 35.3 Å². The van der Waals surface area contributed by atoms with E-state index >= 15 is 0 Å². The third kappa shape index (κ3) is 6.10. The van der Waals surface area contributed by atoms with Crippen LogP contribution in [-0.4, -0.2) is 17.2 Å². The Morgan fingerprint density at radius 1 is 1.09 bits per heavy atom. The number of aromatic nitrogens is 1. The van der Waals surface area contributed by atoms with Gasteiger partial charge >= 0.3 is 0 Å². The van der Waals surface area contributed by atoms with Gasteiger partial charge in [-0.2, -0.15) is 5.26 Å². The van der Waals surface area contributed by atoms with Crippen molar-refractivity contribution >= 4 is 35.2 Å². The molecule has 0 spiro atoms. The van der Waals surface area contributed by atoms with Gasteiger partial charge in [-0.05, 0) is 74.4 Å². The minimum absolute atomic E-state index is 0.0733. The molecule has 0 aliphatic heterocycles. The number of amides is 1. The molecule has 1 heterocycles. The topological polar surface area (TPSA) is 76.3 Å². The number of nitriles is 1. The average molecular weight is 484 g/mol. The molecule has 170 valence electrons. The molecule has 33 heavy (non-hydrogen) atoms. The second-order valence-corrected chi connectivity index (χ2v) is 8.08. The van der Waals surface area contributed by atoms with Crippen LogP contribution in [0, 0.1) is 25.2 Å². The maximum absolute atomic E-state index is 12.7.